The second-order valence-electron chi connectivity index (χ2n) is 6.34. The molecule has 0 fully saturated rings. The Bertz CT molecular complexity index is 1000. The maximum atomic E-state index is 12.9. The van der Waals surface area contributed by atoms with Gasteiger partial charge in [-0.05, 0) is 18.2 Å². The van der Waals surface area contributed by atoms with Crippen molar-refractivity contribution in [2.24, 2.45) is 0 Å². The predicted octanol–water partition coefficient (Wildman–Crippen LogP) is 4.17. The van der Waals surface area contributed by atoms with Gasteiger partial charge in [-0.2, -0.15) is 13.2 Å². The van der Waals surface area contributed by atoms with Crippen LogP contribution < -0.4 is 4.74 Å². The van der Waals surface area contributed by atoms with E-state index in [0.717, 1.165) is 4.57 Å². The van der Waals surface area contributed by atoms with Crippen molar-refractivity contribution in [1.82, 2.24) is 19.0 Å². The fourth-order valence-electron chi connectivity index (χ4n) is 2.89. The number of hydrogen-bond donors (Lipinski definition) is 0. The summed E-state index contributed by atoms with van der Waals surface area (Å²) in [6, 6.07) is 6.78. The van der Waals surface area contributed by atoms with E-state index in [-0.39, 0.29) is 17.9 Å². The van der Waals surface area contributed by atoms with Crippen molar-refractivity contribution >= 4 is 17.5 Å². The first-order valence-corrected chi connectivity index (χ1v) is 8.90. The lowest BCUT2D eigenvalue weighted by atomic mass is 10.1. The number of nitrogens with zero attached hydrogens (tertiary/aromatic N) is 4. The molecule has 29 heavy (non-hydrogen) atoms. The molecule has 0 aliphatic carbocycles. The smallest absolute Gasteiger partial charge is 0.406 e. The highest BCUT2D eigenvalue weighted by Crippen LogP contribution is 2.31. The molecule has 0 saturated heterocycles. The lowest BCUT2D eigenvalue weighted by Gasteiger charge is -2.20. The van der Waals surface area contributed by atoms with E-state index in [1.165, 1.54) is 37.5 Å². The van der Waals surface area contributed by atoms with Gasteiger partial charge < -0.3 is 18.8 Å². The third-order valence-corrected chi connectivity index (χ3v) is 4.56. The van der Waals surface area contributed by atoms with Gasteiger partial charge in [0.15, 0.2) is 0 Å². The van der Waals surface area contributed by atoms with Gasteiger partial charge in [-0.25, -0.2) is 4.98 Å². The molecule has 2 heterocycles. The number of methoxy groups -OCH3 is 1. The number of aromatic nitrogens is 3. The average Bonchev–Trinajstić information content (AvgIpc) is 3.32. The fourth-order valence-corrected chi connectivity index (χ4v) is 3.15. The number of alkyl halides is 3. The average molecular weight is 427 g/mol. The summed E-state index contributed by atoms with van der Waals surface area (Å²) in [6.07, 6.45) is 1.71. The van der Waals surface area contributed by atoms with Crippen molar-refractivity contribution in [3.63, 3.8) is 0 Å². The fraction of sp³-hybridized carbons (Fsp3) is 0.263. The summed E-state index contributed by atoms with van der Waals surface area (Å²) < 4.78 is 46.2. The lowest BCUT2D eigenvalue weighted by Crippen LogP contribution is -2.29. The molecule has 0 bridgehead atoms. The molecule has 0 N–H and O–H groups in total. The van der Waals surface area contributed by atoms with E-state index in [9.17, 15) is 18.0 Å². The van der Waals surface area contributed by atoms with Gasteiger partial charge in [0.1, 0.15) is 18.1 Å². The largest absolute Gasteiger partial charge is 0.496 e. The molecular weight excluding hydrogens is 409 g/mol. The molecule has 154 valence electrons. The Hall–Kier alpha value is -2.94. The van der Waals surface area contributed by atoms with Crippen molar-refractivity contribution < 1.29 is 22.7 Å². The summed E-state index contributed by atoms with van der Waals surface area (Å²) >= 11 is 6.35. The Kier molecular flexibility index (Phi) is 5.88. The Morgan fingerprint density at radius 1 is 1.24 bits per heavy atom. The minimum Gasteiger partial charge on any atom is -0.496 e. The van der Waals surface area contributed by atoms with Crippen LogP contribution in [0.1, 0.15) is 16.2 Å². The molecule has 0 unspecified atom stereocenters. The van der Waals surface area contributed by atoms with Gasteiger partial charge in [0.25, 0.3) is 5.91 Å². The lowest BCUT2D eigenvalue weighted by molar-refractivity contribution is -0.141. The van der Waals surface area contributed by atoms with Crippen LogP contribution in [0.2, 0.25) is 5.02 Å². The highest BCUT2D eigenvalue weighted by molar-refractivity contribution is 6.33. The van der Waals surface area contributed by atoms with Gasteiger partial charge in [-0.15, -0.1) is 0 Å². The van der Waals surface area contributed by atoms with E-state index in [1.54, 1.807) is 23.0 Å². The first kappa shape index (κ1) is 20.8. The molecule has 3 aromatic rings. The molecule has 1 aromatic carbocycles. The molecule has 0 aliphatic rings. The summed E-state index contributed by atoms with van der Waals surface area (Å²) in [6.45, 7) is -1.28. The van der Waals surface area contributed by atoms with E-state index in [1.807, 2.05) is 12.1 Å². The van der Waals surface area contributed by atoms with E-state index in [0.29, 0.717) is 16.5 Å². The van der Waals surface area contributed by atoms with Crippen LogP contribution >= 0.6 is 11.6 Å². The molecule has 10 heteroatoms. The number of hydrogen-bond acceptors (Lipinski definition) is 3. The number of benzene rings is 1. The summed E-state index contributed by atoms with van der Waals surface area (Å²) in [5, 5.41) is 0.331. The van der Waals surface area contributed by atoms with Crippen LogP contribution in [0, 0.1) is 0 Å². The quantitative estimate of drug-likeness (QED) is 0.594. The highest BCUT2D eigenvalue weighted by atomic mass is 35.5. The standard InChI is InChI=1S/C19H18ClF3N4O2/c1-25(11-17-24-5-8-27(17)12-19(21,22)23)18(28)13-9-14(20)15(10-16(13)29-2)26-6-3-4-7-26/h3-10H,11-12H2,1-2H3. The number of halogens is 4. The molecule has 0 atom stereocenters. The summed E-state index contributed by atoms with van der Waals surface area (Å²) in [5.74, 6) is -0.0369. The van der Waals surface area contributed by atoms with E-state index in [4.69, 9.17) is 16.3 Å². The minimum absolute atomic E-state index is 0.109. The SMILES string of the molecule is COc1cc(-n2cccc2)c(Cl)cc1C(=O)N(C)Cc1nccn1CC(F)(F)F. The molecule has 2 aromatic heterocycles. The summed E-state index contributed by atoms with van der Waals surface area (Å²) in [5.41, 5.74) is 0.832. The molecular formula is C19H18ClF3N4O2. The summed E-state index contributed by atoms with van der Waals surface area (Å²) in [7, 11) is 2.90. The van der Waals surface area contributed by atoms with Gasteiger partial charge in [-0.3, -0.25) is 4.79 Å². The number of carbonyl (C=O) groups excluding carboxylic acids is 1. The Morgan fingerprint density at radius 2 is 1.93 bits per heavy atom. The number of imidazole rings is 1. The first-order valence-electron chi connectivity index (χ1n) is 8.52. The maximum absolute atomic E-state index is 12.9. The topological polar surface area (TPSA) is 52.3 Å². The molecule has 3 rings (SSSR count). The van der Waals surface area contributed by atoms with Crippen molar-refractivity contribution in [2.45, 2.75) is 19.3 Å². The van der Waals surface area contributed by atoms with Crippen molar-refractivity contribution in [2.75, 3.05) is 14.2 Å². The molecule has 0 radical (unpaired) electrons. The van der Waals surface area contributed by atoms with Gasteiger partial charge in [0.05, 0.1) is 29.9 Å². The normalized spacial score (nSPS) is 11.5. The van der Waals surface area contributed by atoms with Crippen LogP contribution in [-0.2, 0) is 13.1 Å². The number of amides is 1. The van der Waals surface area contributed by atoms with Crippen molar-refractivity contribution in [3.8, 4) is 11.4 Å². The van der Waals surface area contributed by atoms with Crippen LogP contribution in [0.5, 0.6) is 5.75 Å². The minimum atomic E-state index is -4.39. The van der Waals surface area contributed by atoms with Gasteiger partial charge in [0.2, 0.25) is 0 Å². The molecule has 0 aliphatic heterocycles. The number of carbonyl (C=O) groups is 1. The third-order valence-electron chi connectivity index (χ3n) is 4.26. The zero-order chi connectivity index (χ0) is 21.2. The first-order chi connectivity index (χ1) is 13.7. The van der Waals surface area contributed by atoms with Gasteiger partial charge >= 0.3 is 6.18 Å². The summed E-state index contributed by atoms with van der Waals surface area (Å²) in [4.78, 5) is 18.1. The van der Waals surface area contributed by atoms with Crippen LogP contribution in [0.4, 0.5) is 13.2 Å². The number of rotatable bonds is 6. The highest BCUT2D eigenvalue weighted by Gasteiger charge is 2.29. The Morgan fingerprint density at radius 3 is 2.55 bits per heavy atom. The maximum Gasteiger partial charge on any atom is 0.406 e. The van der Waals surface area contributed by atoms with Gasteiger partial charge in [0, 0.05) is 37.9 Å². The zero-order valence-electron chi connectivity index (χ0n) is 15.7. The second-order valence-corrected chi connectivity index (χ2v) is 6.75. The monoisotopic (exact) mass is 426 g/mol. The Balaban J connectivity index is 1.85. The van der Waals surface area contributed by atoms with E-state index in [2.05, 4.69) is 4.98 Å². The molecule has 0 saturated carbocycles. The van der Waals surface area contributed by atoms with Gasteiger partial charge in [-0.1, -0.05) is 11.6 Å². The van der Waals surface area contributed by atoms with Crippen LogP contribution in [-0.4, -0.2) is 45.3 Å². The second kappa shape index (κ2) is 8.20. The van der Waals surface area contributed by atoms with E-state index >= 15 is 0 Å². The molecule has 1 amide bonds. The van der Waals surface area contributed by atoms with E-state index < -0.39 is 18.6 Å². The van der Waals surface area contributed by atoms with Crippen LogP contribution in [0.25, 0.3) is 5.69 Å². The zero-order valence-corrected chi connectivity index (χ0v) is 16.4. The predicted molar refractivity (Wildman–Crippen MR) is 101 cm³/mol. The number of ether oxygens (including phenoxy) is 1. The molecule has 0 spiro atoms. The van der Waals surface area contributed by atoms with Crippen molar-refractivity contribution in [1.29, 1.82) is 0 Å². The van der Waals surface area contributed by atoms with Crippen LogP contribution in [0.3, 0.4) is 0 Å². The van der Waals surface area contributed by atoms with Crippen molar-refractivity contribution in [3.05, 3.63) is 65.5 Å². The Labute approximate surface area is 170 Å². The third kappa shape index (κ3) is 4.73. The molecule has 6 nitrogen and oxygen atoms in total. The van der Waals surface area contributed by atoms with Crippen LogP contribution in [0.15, 0.2) is 49.1 Å².